The number of benzene rings is 1. The summed E-state index contributed by atoms with van der Waals surface area (Å²) in [4.78, 5) is 28.4. The topological polar surface area (TPSA) is 76.0 Å². The van der Waals surface area contributed by atoms with E-state index in [2.05, 4.69) is 15.6 Å². The molecule has 0 aliphatic heterocycles. The van der Waals surface area contributed by atoms with Crippen molar-refractivity contribution in [2.45, 2.75) is 0 Å². The first-order valence-corrected chi connectivity index (χ1v) is 8.78. The number of anilines is 1. The lowest BCUT2D eigenvalue weighted by Crippen LogP contribution is -2.30. The minimum absolute atomic E-state index is 0.00464. The number of ketones is 1. The maximum Gasteiger partial charge on any atom is 0.244 e. The summed E-state index contributed by atoms with van der Waals surface area (Å²) >= 11 is 1.39. The number of hydrogen-bond acceptors (Lipinski definition) is 6. The van der Waals surface area contributed by atoms with Crippen LogP contribution < -0.4 is 10.6 Å². The van der Waals surface area contributed by atoms with Gasteiger partial charge < -0.3 is 10.6 Å². The van der Waals surface area contributed by atoms with E-state index in [0.717, 1.165) is 0 Å². The Balaban J connectivity index is 1.42. The monoisotopic (exact) mass is 354 g/mol. The van der Waals surface area contributed by atoms with E-state index in [1.165, 1.54) is 11.3 Å². The van der Waals surface area contributed by atoms with E-state index in [0.29, 0.717) is 29.5 Å². The zero-order valence-corrected chi connectivity index (χ0v) is 14.3. The molecule has 0 unspecified atom stereocenters. The number of carbonyl (C=O) groups excluding carboxylic acids is 2. The average Bonchev–Trinajstić information content (AvgIpc) is 3.33. The first-order valence-electron chi connectivity index (χ1n) is 7.90. The van der Waals surface area contributed by atoms with Crippen molar-refractivity contribution >= 4 is 28.2 Å². The summed E-state index contributed by atoms with van der Waals surface area (Å²) in [6.45, 7) is 1.51. The van der Waals surface area contributed by atoms with Crippen LogP contribution in [0.4, 0.5) is 5.13 Å². The molecule has 0 aliphatic carbocycles. The summed E-state index contributed by atoms with van der Waals surface area (Å²) in [5, 5.41) is 8.67. The van der Waals surface area contributed by atoms with Crippen molar-refractivity contribution in [1.82, 2.24) is 14.9 Å². The number of carbonyl (C=O) groups is 2. The van der Waals surface area contributed by atoms with Crippen LogP contribution in [0.5, 0.6) is 0 Å². The van der Waals surface area contributed by atoms with Gasteiger partial charge in [-0.05, 0) is 12.1 Å². The fourth-order valence-corrected chi connectivity index (χ4v) is 2.96. The fraction of sp³-hybridized carbons (Fsp3) is 0.167. The van der Waals surface area contributed by atoms with Crippen molar-refractivity contribution in [2.24, 2.45) is 0 Å². The third kappa shape index (κ3) is 4.62. The van der Waals surface area contributed by atoms with Crippen molar-refractivity contribution in [3.63, 3.8) is 0 Å². The van der Waals surface area contributed by atoms with Gasteiger partial charge in [-0.15, -0.1) is 11.3 Å². The van der Waals surface area contributed by atoms with Gasteiger partial charge in [0.1, 0.15) is 5.69 Å². The summed E-state index contributed by atoms with van der Waals surface area (Å²) in [7, 11) is 0. The second kappa shape index (κ2) is 8.36. The molecule has 1 aromatic carbocycles. The highest BCUT2D eigenvalue weighted by atomic mass is 32.1. The normalized spacial score (nSPS) is 10.6. The molecular weight excluding hydrogens is 336 g/mol. The summed E-state index contributed by atoms with van der Waals surface area (Å²) in [6.07, 6.45) is 3.45. The summed E-state index contributed by atoms with van der Waals surface area (Å²) in [5.74, 6) is -0.0877. The molecule has 0 radical (unpaired) electrons. The van der Waals surface area contributed by atoms with E-state index in [1.54, 1.807) is 34.5 Å². The van der Waals surface area contributed by atoms with Crippen LogP contribution in [0.15, 0.2) is 60.2 Å². The Hall–Kier alpha value is -2.77. The molecule has 0 fully saturated rings. The third-order valence-electron chi connectivity index (χ3n) is 3.52. The van der Waals surface area contributed by atoms with Crippen LogP contribution in [-0.4, -0.2) is 40.9 Å². The summed E-state index contributed by atoms with van der Waals surface area (Å²) in [5.41, 5.74) is 1.07. The summed E-state index contributed by atoms with van der Waals surface area (Å²) in [6, 6.07) is 12.7. The van der Waals surface area contributed by atoms with Crippen LogP contribution in [-0.2, 0) is 0 Å². The molecule has 2 aromatic heterocycles. The lowest BCUT2D eigenvalue weighted by Gasteiger charge is -2.05. The van der Waals surface area contributed by atoms with Gasteiger partial charge in [-0.3, -0.25) is 14.2 Å². The fourth-order valence-electron chi connectivity index (χ4n) is 2.24. The van der Waals surface area contributed by atoms with E-state index in [4.69, 9.17) is 0 Å². The van der Waals surface area contributed by atoms with E-state index < -0.39 is 0 Å². The van der Waals surface area contributed by atoms with Gasteiger partial charge in [0.15, 0.2) is 5.13 Å². The number of aromatic nitrogens is 2. The largest absolute Gasteiger partial charge is 0.360 e. The predicted molar refractivity (Wildman–Crippen MR) is 98.4 cm³/mol. The molecule has 3 aromatic rings. The van der Waals surface area contributed by atoms with Gasteiger partial charge in [0.25, 0.3) is 0 Å². The Kier molecular flexibility index (Phi) is 5.71. The van der Waals surface area contributed by atoms with Gasteiger partial charge in [-0.25, -0.2) is 4.98 Å². The lowest BCUT2D eigenvalue weighted by molar-refractivity contribution is 0.0912. The highest BCUT2D eigenvalue weighted by Gasteiger charge is 2.12. The molecule has 6 nitrogen and oxygen atoms in total. The zero-order valence-electron chi connectivity index (χ0n) is 13.5. The van der Waals surface area contributed by atoms with Crippen molar-refractivity contribution in [2.75, 3.05) is 25.0 Å². The number of nitrogens with zero attached hydrogens (tertiary/aromatic N) is 2. The highest BCUT2D eigenvalue weighted by Crippen LogP contribution is 2.17. The second-order valence-corrected chi connectivity index (χ2v) is 6.18. The Morgan fingerprint density at radius 1 is 1.04 bits per heavy atom. The van der Waals surface area contributed by atoms with E-state index in [-0.39, 0.29) is 18.2 Å². The minimum Gasteiger partial charge on any atom is -0.360 e. The van der Waals surface area contributed by atoms with Crippen LogP contribution in [0.3, 0.4) is 0 Å². The smallest absolute Gasteiger partial charge is 0.244 e. The molecule has 0 saturated carbocycles. The molecule has 7 heteroatoms. The van der Waals surface area contributed by atoms with Crippen LogP contribution >= 0.6 is 11.3 Å². The van der Waals surface area contributed by atoms with Crippen LogP contribution in [0.25, 0.3) is 0 Å². The van der Waals surface area contributed by atoms with Gasteiger partial charge in [0.05, 0.1) is 6.54 Å². The second-order valence-electron chi connectivity index (χ2n) is 5.32. The average molecular weight is 354 g/mol. The quantitative estimate of drug-likeness (QED) is 0.480. The molecule has 0 spiro atoms. The van der Waals surface area contributed by atoms with Crippen molar-refractivity contribution < 1.29 is 9.59 Å². The maximum atomic E-state index is 12.3. The SMILES string of the molecule is O=C(c1ccccc1)c1csc(NCCNCC(=O)n2cccc2)n1. The van der Waals surface area contributed by atoms with Gasteiger partial charge >= 0.3 is 0 Å². The summed E-state index contributed by atoms with van der Waals surface area (Å²) < 4.78 is 1.54. The van der Waals surface area contributed by atoms with Gasteiger partial charge in [0, 0.05) is 36.4 Å². The Labute approximate surface area is 149 Å². The molecule has 128 valence electrons. The van der Waals surface area contributed by atoms with E-state index in [9.17, 15) is 9.59 Å². The van der Waals surface area contributed by atoms with Gasteiger partial charge in [-0.1, -0.05) is 30.3 Å². The van der Waals surface area contributed by atoms with Crippen molar-refractivity contribution in [1.29, 1.82) is 0 Å². The van der Waals surface area contributed by atoms with Crippen molar-refractivity contribution in [3.8, 4) is 0 Å². The van der Waals surface area contributed by atoms with Gasteiger partial charge in [-0.2, -0.15) is 0 Å². The molecule has 0 bridgehead atoms. The van der Waals surface area contributed by atoms with Crippen LogP contribution in [0.1, 0.15) is 20.8 Å². The number of thiazole rings is 1. The molecule has 0 aliphatic rings. The van der Waals surface area contributed by atoms with Crippen LogP contribution in [0.2, 0.25) is 0 Å². The third-order valence-corrected chi connectivity index (χ3v) is 4.32. The van der Waals surface area contributed by atoms with Gasteiger partial charge in [0.2, 0.25) is 11.7 Å². The first kappa shape index (κ1) is 17.1. The minimum atomic E-state index is -0.0830. The molecule has 3 rings (SSSR count). The first-order chi connectivity index (χ1) is 12.2. The maximum absolute atomic E-state index is 12.3. The molecule has 0 amide bonds. The number of nitrogens with one attached hydrogen (secondary N) is 2. The Bertz CT molecular complexity index is 828. The molecular formula is C18H18N4O2S. The molecule has 25 heavy (non-hydrogen) atoms. The Morgan fingerprint density at radius 2 is 1.80 bits per heavy atom. The molecule has 0 saturated heterocycles. The van der Waals surface area contributed by atoms with Crippen LogP contribution in [0, 0.1) is 0 Å². The standard InChI is InChI=1S/C18H18N4O2S/c23-16(22-10-4-5-11-22)12-19-8-9-20-18-21-15(13-25-18)17(24)14-6-2-1-3-7-14/h1-7,10-11,13,19H,8-9,12H2,(H,20,21). The van der Waals surface area contributed by atoms with E-state index >= 15 is 0 Å². The highest BCUT2D eigenvalue weighted by molar-refractivity contribution is 7.13. The predicted octanol–water partition coefficient (Wildman–Crippen LogP) is 2.52. The lowest BCUT2D eigenvalue weighted by atomic mass is 10.1. The molecule has 0 atom stereocenters. The molecule has 2 N–H and O–H groups in total. The van der Waals surface area contributed by atoms with Crippen molar-refractivity contribution in [3.05, 3.63) is 71.5 Å². The zero-order chi connectivity index (χ0) is 17.5. The number of rotatable bonds is 8. The number of hydrogen-bond donors (Lipinski definition) is 2. The Morgan fingerprint density at radius 3 is 2.56 bits per heavy atom. The van der Waals surface area contributed by atoms with E-state index in [1.807, 2.05) is 30.3 Å². The molecule has 2 heterocycles.